The largest absolute Gasteiger partial charge is 0.350 e. The minimum atomic E-state index is 0.107. The fourth-order valence-corrected chi connectivity index (χ4v) is 3.38. The first kappa shape index (κ1) is 14.9. The molecule has 3 rings (SSSR count). The van der Waals surface area contributed by atoms with E-state index >= 15 is 0 Å². The van der Waals surface area contributed by atoms with Gasteiger partial charge in [-0.15, -0.1) is 0 Å². The Bertz CT molecular complexity index is 711. The normalized spacial score (nSPS) is 16.4. The summed E-state index contributed by atoms with van der Waals surface area (Å²) in [5, 5.41) is 4.33. The van der Waals surface area contributed by atoms with Crippen LogP contribution >= 0.6 is 0 Å². The summed E-state index contributed by atoms with van der Waals surface area (Å²) in [6, 6.07) is 8.39. The lowest BCUT2D eigenvalue weighted by Crippen LogP contribution is -2.35. The maximum Gasteiger partial charge on any atom is 0.224 e. The number of amides is 1. The van der Waals surface area contributed by atoms with Gasteiger partial charge in [-0.2, -0.15) is 0 Å². The number of para-hydroxylation sites is 1. The number of aryl methyl sites for hydroxylation is 1. The van der Waals surface area contributed by atoms with Crippen molar-refractivity contribution in [3.63, 3.8) is 0 Å². The van der Waals surface area contributed by atoms with E-state index in [4.69, 9.17) is 0 Å². The number of nitrogens with zero attached hydrogens (tertiary/aromatic N) is 1. The van der Waals surface area contributed by atoms with Crippen LogP contribution in [0.25, 0.3) is 10.9 Å². The van der Waals surface area contributed by atoms with E-state index in [-0.39, 0.29) is 11.9 Å². The molecule has 1 aliphatic rings. The first-order chi connectivity index (χ1) is 10.6. The Morgan fingerprint density at radius 2 is 2.14 bits per heavy atom. The number of benzene rings is 1. The maximum absolute atomic E-state index is 12.4. The molecule has 1 N–H and O–H groups in total. The molecule has 1 atom stereocenters. The Labute approximate surface area is 132 Å². The lowest BCUT2D eigenvalue weighted by Gasteiger charge is -2.20. The van der Waals surface area contributed by atoms with Crippen LogP contribution in [0.15, 0.2) is 42.1 Å². The number of hydrogen-bond acceptors (Lipinski definition) is 1. The predicted molar refractivity (Wildman–Crippen MR) is 90.8 cm³/mol. The molecule has 1 aromatic carbocycles. The SMILES string of the molecule is C[C@H](NC(=O)Cc1cn(C)c2ccccc12)C1=CCCCC1. The van der Waals surface area contributed by atoms with Gasteiger partial charge in [0.1, 0.15) is 0 Å². The van der Waals surface area contributed by atoms with Crippen LogP contribution in [0.5, 0.6) is 0 Å². The molecule has 2 aromatic rings. The highest BCUT2D eigenvalue weighted by molar-refractivity contribution is 5.89. The third kappa shape index (κ3) is 3.08. The van der Waals surface area contributed by atoms with E-state index in [1.807, 2.05) is 19.2 Å². The van der Waals surface area contributed by atoms with Crippen molar-refractivity contribution in [1.29, 1.82) is 0 Å². The highest BCUT2D eigenvalue weighted by atomic mass is 16.1. The van der Waals surface area contributed by atoms with Crippen molar-refractivity contribution in [2.45, 2.75) is 45.1 Å². The molecule has 1 aromatic heterocycles. The van der Waals surface area contributed by atoms with Gasteiger partial charge < -0.3 is 9.88 Å². The average molecular weight is 296 g/mol. The van der Waals surface area contributed by atoms with Gasteiger partial charge in [-0.1, -0.05) is 29.8 Å². The summed E-state index contributed by atoms with van der Waals surface area (Å²) in [7, 11) is 2.03. The summed E-state index contributed by atoms with van der Waals surface area (Å²) >= 11 is 0. The van der Waals surface area contributed by atoms with Gasteiger partial charge in [-0.25, -0.2) is 0 Å². The smallest absolute Gasteiger partial charge is 0.224 e. The third-order valence-electron chi connectivity index (χ3n) is 4.59. The Hall–Kier alpha value is -2.03. The predicted octanol–water partition coefficient (Wildman–Crippen LogP) is 3.73. The second-order valence-electron chi connectivity index (χ2n) is 6.27. The molecule has 0 saturated carbocycles. The molecule has 0 radical (unpaired) electrons. The molecule has 0 aliphatic heterocycles. The Kier molecular flexibility index (Phi) is 4.32. The highest BCUT2D eigenvalue weighted by Crippen LogP contribution is 2.22. The molecule has 0 unspecified atom stereocenters. The molecule has 3 nitrogen and oxygen atoms in total. The van der Waals surface area contributed by atoms with Crippen LogP contribution < -0.4 is 5.32 Å². The number of allylic oxidation sites excluding steroid dienone is 1. The standard InChI is InChI=1S/C19H24N2O/c1-14(15-8-4-3-5-9-15)20-19(22)12-16-13-21(2)18-11-7-6-10-17(16)18/h6-8,10-11,13-14H,3-5,9,12H2,1-2H3,(H,20,22)/t14-/m0/s1. The Balaban J connectivity index is 1.69. The van der Waals surface area contributed by atoms with Crippen LogP contribution in [-0.4, -0.2) is 16.5 Å². The molecule has 116 valence electrons. The topological polar surface area (TPSA) is 34.0 Å². The van der Waals surface area contributed by atoms with E-state index in [0.717, 1.165) is 18.4 Å². The van der Waals surface area contributed by atoms with Gasteiger partial charge in [0.05, 0.1) is 6.42 Å². The molecule has 0 spiro atoms. The number of carbonyl (C=O) groups excluding carboxylic acids is 1. The van der Waals surface area contributed by atoms with Crippen molar-refractivity contribution in [2.75, 3.05) is 0 Å². The van der Waals surface area contributed by atoms with E-state index < -0.39 is 0 Å². The Morgan fingerprint density at radius 1 is 1.32 bits per heavy atom. The van der Waals surface area contributed by atoms with Crippen LogP contribution in [0.1, 0.15) is 38.2 Å². The van der Waals surface area contributed by atoms with Gasteiger partial charge >= 0.3 is 0 Å². The van der Waals surface area contributed by atoms with Crippen molar-refractivity contribution in [3.05, 3.63) is 47.7 Å². The number of fused-ring (bicyclic) bond motifs is 1. The minimum absolute atomic E-state index is 0.107. The molecular weight excluding hydrogens is 272 g/mol. The van der Waals surface area contributed by atoms with Gasteiger partial charge in [-0.05, 0) is 44.2 Å². The van der Waals surface area contributed by atoms with Crippen LogP contribution in [0.2, 0.25) is 0 Å². The molecular formula is C19H24N2O. The van der Waals surface area contributed by atoms with Crippen molar-refractivity contribution < 1.29 is 4.79 Å². The van der Waals surface area contributed by atoms with Gasteiger partial charge in [0, 0.05) is 30.2 Å². The van der Waals surface area contributed by atoms with E-state index in [1.54, 1.807) is 0 Å². The molecule has 1 amide bonds. The van der Waals surface area contributed by atoms with Crippen molar-refractivity contribution in [2.24, 2.45) is 7.05 Å². The lowest BCUT2D eigenvalue weighted by molar-refractivity contribution is -0.120. The number of carbonyl (C=O) groups is 1. The van der Waals surface area contributed by atoms with Crippen LogP contribution in [-0.2, 0) is 18.3 Å². The van der Waals surface area contributed by atoms with Crippen LogP contribution in [0.4, 0.5) is 0 Å². The number of aromatic nitrogens is 1. The average Bonchev–Trinajstić information content (AvgIpc) is 2.85. The fraction of sp³-hybridized carbons (Fsp3) is 0.421. The maximum atomic E-state index is 12.4. The van der Waals surface area contributed by atoms with Crippen molar-refractivity contribution in [1.82, 2.24) is 9.88 Å². The van der Waals surface area contributed by atoms with Crippen LogP contribution in [0, 0.1) is 0 Å². The molecule has 22 heavy (non-hydrogen) atoms. The first-order valence-corrected chi connectivity index (χ1v) is 8.16. The van der Waals surface area contributed by atoms with Gasteiger partial charge in [0.15, 0.2) is 0 Å². The van der Waals surface area contributed by atoms with Crippen molar-refractivity contribution >= 4 is 16.8 Å². The van der Waals surface area contributed by atoms with E-state index in [1.165, 1.54) is 29.3 Å². The summed E-state index contributed by atoms with van der Waals surface area (Å²) in [6.45, 7) is 2.10. The summed E-state index contributed by atoms with van der Waals surface area (Å²) in [5.41, 5.74) is 3.66. The van der Waals surface area contributed by atoms with E-state index in [9.17, 15) is 4.79 Å². The Morgan fingerprint density at radius 3 is 2.91 bits per heavy atom. The molecule has 3 heteroatoms. The zero-order chi connectivity index (χ0) is 15.5. The zero-order valence-corrected chi connectivity index (χ0v) is 13.4. The number of hydrogen-bond donors (Lipinski definition) is 1. The molecule has 0 fully saturated rings. The molecule has 0 bridgehead atoms. The van der Waals surface area contributed by atoms with Crippen molar-refractivity contribution in [3.8, 4) is 0 Å². The summed E-state index contributed by atoms with van der Waals surface area (Å²) < 4.78 is 2.09. The first-order valence-electron chi connectivity index (χ1n) is 8.16. The monoisotopic (exact) mass is 296 g/mol. The van der Waals surface area contributed by atoms with Gasteiger partial charge in [0.25, 0.3) is 0 Å². The molecule has 0 saturated heterocycles. The summed E-state index contributed by atoms with van der Waals surface area (Å²) in [5.74, 6) is 0.107. The molecule has 1 heterocycles. The quantitative estimate of drug-likeness (QED) is 0.857. The fourth-order valence-electron chi connectivity index (χ4n) is 3.38. The second kappa shape index (κ2) is 6.39. The second-order valence-corrected chi connectivity index (χ2v) is 6.27. The number of rotatable bonds is 4. The van der Waals surface area contributed by atoms with E-state index in [0.29, 0.717) is 6.42 Å². The zero-order valence-electron chi connectivity index (χ0n) is 13.4. The van der Waals surface area contributed by atoms with Gasteiger partial charge in [-0.3, -0.25) is 4.79 Å². The summed E-state index contributed by atoms with van der Waals surface area (Å²) in [6.07, 6.45) is 9.60. The minimum Gasteiger partial charge on any atom is -0.350 e. The highest BCUT2D eigenvalue weighted by Gasteiger charge is 2.16. The third-order valence-corrected chi connectivity index (χ3v) is 4.59. The van der Waals surface area contributed by atoms with E-state index in [2.05, 4.69) is 41.2 Å². The molecule has 1 aliphatic carbocycles. The summed E-state index contributed by atoms with van der Waals surface area (Å²) in [4.78, 5) is 12.4. The van der Waals surface area contributed by atoms with Gasteiger partial charge in [0.2, 0.25) is 5.91 Å². The number of nitrogens with one attached hydrogen (secondary N) is 1. The van der Waals surface area contributed by atoms with Crippen LogP contribution in [0.3, 0.4) is 0 Å². The lowest BCUT2D eigenvalue weighted by atomic mass is 9.94.